The molecule has 2 bridgehead atoms. The standard InChI is InChI=1S/C18H23N5O2/c24-16(23-10-8-12-5-6-13(11-23)20-12)7-9-19-18(25)17-14-3-1-2-4-15(14)21-22-17/h1-4,12-13,20H,5-11H2,(H,19,25)(H,21,22). The molecule has 2 aliphatic rings. The Morgan fingerprint density at radius 1 is 1.20 bits per heavy atom. The number of likely N-dealkylation sites (tertiary alicyclic amines) is 1. The van der Waals surface area contributed by atoms with Crippen LogP contribution in [0.2, 0.25) is 0 Å². The molecular weight excluding hydrogens is 318 g/mol. The average Bonchev–Trinajstić information content (AvgIpc) is 3.17. The molecule has 0 radical (unpaired) electrons. The van der Waals surface area contributed by atoms with Crippen molar-refractivity contribution in [1.29, 1.82) is 0 Å². The minimum absolute atomic E-state index is 0.113. The molecule has 2 amide bonds. The van der Waals surface area contributed by atoms with Crippen LogP contribution in [-0.2, 0) is 4.79 Å². The molecule has 132 valence electrons. The molecular formula is C18H23N5O2. The smallest absolute Gasteiger partial charge is 0.272 e. The van der Waals surface area contributed by atoms with Crippen molar-refractivity contribution in [3.8, 4) is 0 Å². The van der Waals surface area contributed by atoms with Crippen LogP contribution in [0.1, 0.15) is 36.2 Å². The lowest BCUT2D eigenvalue weighted by Gasteiger charge is -2.24. The first-order valence-corrected chi connectivity index (χ1v) is 8.96. The van der Waals surface area contributed by atoms with Crippen molar-refractivity contribution in [3.05, 3.63) is 30.0 Å². The summed E-state index contributed by atoms with van der Waals surface area (Å²) in [7, 11) is 0. The predicted molar refractivity (Wildman–Crippen MR) is 94.2 cm³/mol. The van der Waals surface area contributed by atoms with Gasteiger partial charge in [0, 0.05) is 43.5 Å². The molecule has 4 rings (SSSR count). The topological polar surface area (TPSA) is 90.1 Å². The Morgan fingerprint density at radius 2 is 2.04 bits per heavy atom. The maximum absolute atomic E-state index is 12.4. The van der Waals surface area contributed by atoms with Crippen molar-refractivity contribution in [2.75, 3.05) is 19.6 Å². The third kappa shape index (κ3) is 3.37. The van der Waals surface area contributed by atoms with Crippen LogP contribution < -0.4 is 10.6 Å². The number of nitrogens with zero attached hydrogens (tertiary/aromatic N) is 2. The molecule has 25 heavy (non-hydrogen) atoms. The Balaban J connectivity index is 1.30. The van der Waals surface area contributed by atoms with Crippen molar-refractivity contribution < 1.29 is 9.59 Å². The number of carbonyl (C=O) groups excluding carboxylic acids is 2. The van der Waals surface area contributed by atoms with E-state index >= 15 is 0 Å². The van der Waals surface area contributed by atoms with Gasteiger partial charge in [-0.05, 0) is 25.3 Å². The summed E-state index contributed by atoms with van der Waals surface area (Å²) in [6, 6.07) is 8.50. The number of H-pyrrole nitrogens is 1. The fourth-order valence-corrected chi connectivity index (χ4v) is 3.83. The Morgan fingerprint density at radius 3 is 2.96 bits per heavy atom. The van der Waals surface area contributed by atoms with Gasteiger partial charge in [-0.25, -0.2) is 0 Å². The number of hydrogen-bond acceptors (Lipinski definition) is 4. The zero-order valence-corrected chi connectivity index (χ0v) is 14.1. The van der Waals surface area contributed by atoms with Gasteiger partial charge in [-0.2, -0.15) is 5.10 Å². The van der Waals surface area contributed by atoms with Gasteiger partial charge in [0.15, 0.2) is 5.69 Å². The van der Waals surface area contributed by atoms with Gasteiger partial charge in [0.2, 0.25) is 5.91 Å². The zero-order valence-electron chi connectivity index (χ0n) is 14.1. The van der Waals surface area contributed by atoms with Crippen LogP contribution in [-0.4, -0.2) is 58.6 Å². The Kier molecular flexibility index (Phi) is 4.40. The van der Waals surface area contributed by atoms with E-state index in [2.05, 4.69) is 20.8 Å². The first-order chi connectivity index (χ1) is 12.2. The fourth-order valence-electron chi connectivity index (χ4n) is 3.83. The van der Waals surface area contributed by atoms with E-state index in [1.165, 1.54) is 6.42 Å². The minimum atomic E-state index is -0.248. The molecule has 1 aromatic carbocycles. The Hall–Kier alpha value is -2.41. The lowest BCUT2D eigenvalue weighted by atomic mass is 10.1. The lowest BCUT2D eigenvalue weighted by molar-refractivity contribution is -0.131. The van der Waals surface area contributed by atoms with Gasteiger partial charge in [0.25, 0.3) is 5.91 Å². The van der Waals surface area contributed by atoms with Gasteiger partial charge in [-0.3, -0.25) is 14.7 Å². The number of carbonyl (C=O) groups is 2. The van der Waals surface area contributed by atoms with Crippen LogP contribution in [0.5, 0.6) is 0 Å². The number of hydrogen-bond donors (Lipinski definition) is 3. The van der Waals surface area contributed by atoms with Gasteiger partial charge in [-0.1, -0.05) is 18.2 Å². The summed E-state index contributed by atoms with van der Waals surface area (Å²) in [5.74, 6) is -0.136. The number of aromatic nitrogens is 2. The monoisotopic (exact) mass is 341 g/mol. The van der Waals surface area contributed by atoms with E-state index in [9.17, 15) is 9.59 Å². The van der Waals surface area contributed by atoms with Gasteiger partial charge in [-0.15, -0.1) is 0 Å². The first-order valence-electron chi connectivity index (χ1n) is 8.96. The highest BCUT2D eigenvalue weighted by Gasteiger charge is 2.30. The summed E-state index contributed by atoms with van der Waals surface area (Å²) in [5, 5.41) is 14.1. The van der Waals surface area contributed by atoms with Gasteiger partial charge < -0.3 is 15.5 Å². The molecule has 7 heteroatoms. The molecule has 2 aromatic rings. The Labute approximate surface area is 146 Å². The number of aromatic amines is 1. The van der Waals surface area contributed by atoms with Crippen LogP contribution in [0.25, 0.3) is 10.9 Å². The lowest BCUT2D eigenvalue weighted by Crippen LogP contribution is -2.40. The summed E-state index contributed by atoms with van der Waals surface area (Å²) >= 11 is 0. The van der Waals surface area contributed by atoms with E-state index in [1.54, 1.807) is 0 Å². The van der Waals surface area contributed by atoms with E-state index in [0.29, 0.717) is 30.7 Å². The number of para-hydroxylation sites is 1. The van der Waals surface area contributed by atoms with Crippen molar-refractivity contribution in [2.45, 2.75) is 37.8 Å². The third-order valence-corrected chi connectivity index (χ3v) is 5.19. The van der Waals surface area contributed by atoms with Crippen LogP contribution >= 0.6 is 0 Å². The molecule has 2 aliphatic heterocycles. The highest BCUT2D eigenvalue weighted by molar-refractivity contribution is 6.04. The zero-order chi connectivity index (χ0) is 17.2. The van der Waals surface area contributed by atoms with E-state index in [4.69, 9.17) is 0 Å². The predicted octanol–water partition coefficient (Wildman–Crippen LogP) is 1.04. The van der Waals surface area contributed by atoms with Crippen LogP contribution in [0.4, 0.5) is 0 Å². The molecule has 0 spiro atoms. The largest absolute Gasteiger partial charge is 0.350 e. The van der Waals surface area contributed by atoms with Crippen molar-refractivity contribution in [1.82, 2.24) is 25.7 Å². The average molecular weight is 341 g/mol. The van der Waals surface area contributed by atoms with Crippen LogP contribution in [0.15, 0.2) is 24.3 Å². The molecule has 2 saturated heterocycles. The maximum atomic E-state index is 12.4. The van der Waals surface area contributed by atoms with Crippen LogP contribution in [0.3, 0.4) is 0 Å². The summed E-state index contributed by atoms with van der Waals surface area (Å²) in [5.41, 5.74) is 1.20. The van der Waals surface area contributed by atoms with E-state index in [0.717, 1.165) is 36.8 Å². The summed E-state index contributed by atoms with van der Waals surface area (Å²) in [6.07, 6.45) is 3.72. The molecule has 2 fully saturated rings. The van der Waals surface area contributed by atoms with E-state index < -0.39 is 0 Å². The second-order valence-electron chi connectivity index (χ2n) is 6.89. The first kappa shape index (κ1) is 16.1. The van der Waals surface area contributed by atoms with Crippen molar-refractivity contribution in [3.63, 3.8) is 0 Å². The number of amides is 2. The third-order valence-electron chi connectivity index (χ3n) is 5.19. The van der Waals surface area contributed by atoms with Gasteiger partial charge >= 0.3 is 0 Å². The van der Waals surface area contributed by atoms with Crippen molar-refractivity contribution >= 4 is 22.7 Å². The molecule has 2 atom stereocenters. The summed E-state index contributed by atoms with van der Waals surface area (Å²) < 4.78 is 0. The Bertz CT molecular complexity index is 787. The summed E-state index contributed by atoms with van der Waals surface area (Å²) in [4.78, 5) is 26.7. The molecule has 0 aliphatic carbocycles. The highest BCUT2D eigenvalue weighted by atomic mass is 16.2. The molecule has 0 saturated carbocycles. The minimum Gasteiger partial charge on any atom is -0.350 e. The van der Waals surface area contributed by atoms with Gasteiger partial charge in [0.1, 0.15) is 0 Å². The van der Waals surface area contributed by atoms with Crippen LogP contribution in [0, 0.1) is 0 Å². The molecule has 1 aromatic heterocycles. The second-order valence-corrected chi connectivity index (χ2v) is 6.89. The summed E-state index contributed by atoms with van der Waals surface area (Å²) in [6.45, 7) is 1.93. The molecule has 2 unspecified atom stereocenters. The second kappa shape index (κ2) is 6.84. The quantitative estimate of drug-likeness (QED) is 0.775. The molecule has 3 heterocycles. The molecule has 3 N–H and O–H groups in total. The highest BCUT2D eigenvalue weighted by Crippen LogP contribution is 2.20. The number of benzene rings is 1. The molecule has 7 nitrogen and oxygen atoms in total. The van der Waals surface area contributed by atoms with Gasteiger partial charge in [0.05, 0.1) is 5.52 Å². The van der Waals surface area contributed by atoms with E-state index in [-0.39, 0.29) is 11.8 Å². The van der Waals surface area contributed by atoms with E-state index in [1.807, 2.05) is 29.2 Å². The van der Waals surface area contributed by atoms with Crippen molar-refractivity contribution in [2.24, 2.45) is 0 Å². The number of nitrogens with one attached hydrogen (secondary N) is 3. The number of rotatable bonds is 4. The SMILES string of the molecule is O=C(NCCC(=O)N1CCC2CCC(C1)N2)c1n[nH]c2ccccc12. The maximum Gasteiger partial charge on any atom is 0.272 e. The number of fused-ring (bicyclic) bond motifs is 3. The fraction of sp³-hybridized carbons (Fsp3) is 0.500. The normalized spacial score (nSPS) is 22.8.